The van der Waals surface area contributed by atoms with Gasteiger partial charge < -0.3 is 15.0 Å². The number of nitrogens with zero attached hydrogens (tertiary/aromatic N) is 1. The molecule has 124 valence electrons. The number of hydrogen-bond acceptors (Lipinski definition) is 3. The molecule has 1 rings (SSSR count). The summed E-state index contributed by atoms with van der Waals surface area (Å²) in [5, 5.41) is 3.47. The molecule has 0 bridgehead atoms. The van der Waals surface area contributed by atoms with E-state index in [-0.39, 0.29) is 11.6 Å². The second kappa shape index (κ2) is 6.15. The standard InChI is InChI=1S/C17H34N2O2/c1-15(2,3)19(14(20)21-16(4,5)6)10-9-18-12-13-11-17(13,7)8/h13,18H,9-12H2,1-8H3. The van der Waals surface area contributed by atoms with Gasteiger partial charge in [0.1, 0.15) is 5.60 Å². The van der Waals surface area contributed by atoms with Crippen molar-refractivity contribution in [3.05, 3.63) is 0 Å². The molecule has 0 aliphatic heterocycles. The average molecular weight is 298 g/mol. The van der Waals surface area contributed by atoms with Crippen LogP contribution < -0.4 is 5.32 Å². The molecule has 1 amide bonds. The van der Waals surface area contributed by atoms with Gasteiger partial charge in [-0.15, -0.1) is 0 Å². The van der Waals surface area contributed by atoms with E-state index in [0.717, 1.165) is 19.0 Å². The van der Waals surface area contributed by atoms with Gasteiger partial charge >= 0.3 is 6.09 Å². The van der Waals surface area contributed by atoms with Crippen LogP contribution in [-0.4, -0.2) is 41.8 Å². The Morgan fingerprint density at radius 2 is 1.76 bits per heavy atom. The maximum atomic E-state index is 12.3. The smallest absolute Gasteiger partial charge is 0.410 e. The SMILES string of the molecule is CC(C)(C)OC(=O)N(CCNCC1CC1(C)C)C(C)(C)C. The van der Waals surface area contributed by atoms with E-state index >= 15 is 0 Å². The fourth-order valence-corrected chi connectivity index (χ4v) is 2.41. The Kier molecular flexibility index (Phi) is 5.36. The van der Waals surface area contributed by atoms with Gasteiger partial charge in [-0.25, -0.2) is 4.79 Å². The molecule has 1 saturated carbocycles. The highest BCUT2D eigenvalue weighted by molar-refractivity contribution is 5.69. The maximum absolute atomic E-state index is 12.3. The van der Waals surface area contributed by atoms with E-state index < -0.39 is 5.60 Å². The summed E-state index contributed by atoms with van der Waals surface area (Å²) >= 11 is 0. The monoisotopic (exact) mass is 298 g/mol. The van der Waals surface area contributed by atoms with Gasteiger partial charge in [-0.05, 0) is 65.8 Å². The van der Waals surface area contributed by atoms with Crippen LogP contribution in [0.25, 0.3) is 0 Å². The second-order valence-corrected chi connectivity index (χ2v) is 8.90. The topological polar surface area (TPSA) is 41.6 Å². The van der Waals surface area contributed by atoms with Gasteiger partial charge in [-0.2, -0.15) is 0 Å². The first-order valence-corrected chi connectivity index (χ1v) is 8.04. The lowest BCUT2D eigenvalue weighted by Gasteiger charge is -2.37. The fourth-order valence-electron chi connectivity index (χ4n) is 2.41. The Labute approximate surface area is 130 Å². The van der Waals surface area contributed by atoms with Crippen molar-refractivity contribution in [2.75, 3.05) is 19.6 Å². The second-order valence-electron chi connectivity index (χ2n) is 8.90. The lowest BCUT2D eigenvalue weighted by atomic mass is 10.1. The van der Waals surface area contributed by atoms with Crippen LogP contribution in [0.3, 0.4) is 0 Å². The van der Waals surface area contributed by atoms with Crippen molar-refractivity contribution < 1.29 is 9.53 Å². The Morgan fingerprint density at radius 3 is 2.14 bits per heavy atom. The maximum Gasteiger partial charge on any atom is 0.410 e. The van der Waals surface area contributed by atoms with E-state index in [2.05, 4.69) is 19.2 Å². The molecule has 21 heavy (non-hydrogen) atoms. The third-order valence-corrected chi connectivity index (χ3v) is 4.04. The molecule has 1 aliphatic carbocycles. The van der Waals surface area contributed by atoms with E-state index in [1.54, 1.807) is 0 Å². The zero-order valence-corrected chi connectivity index (χ0v) is 15.2. The van der Waals surface area contributed by atoms with Crippen LogP contribution in [0.1, 0.15) is 61.8 Å². The highest BCUT2D eigenvalue weighted by Crippen LogP contribution is 2.50. The van der Waals surface area contributed by atoms with Crippen LogP contribution >= 0.6 is 0 Å². The quantitative estimate of drug-likeness (QED) is 0.788. The number of nitrogens with one attached hydrogen (secondary N) is 1. The van der Waals surface area contributed by atoms with Crippen LogP contribution in [0.5, 0.6) is 0 Å². The molecule has 0 aromatic heterocycles. The van der Waals surface area contributed by atoms with E-state index in [1.165, 1.54) is 6.42 Å². The molecule has 1 aliphatic rings. The molecule has 0 heterocycles. The van der Waals surface area contributed by atoms with Crippen molar-refractivity contribution in [2.24, 2.45) is 11.3 Å². The van der Waals surface area contributed by atoms with E-state index in [9.17, 15) is 4.79 Å². The van der Waals surface area contributed by atoms with Crippen molar-refractivity contribution >= 4 is 6.09 Å². The molecule has 1 atom stereocenters. The van der Waals surface area contributed by atoms with E-state index in [1.807, 2.05) is 46.4 Å². The van der Waals surface area contributed by atoms with Crippen molar-refractivity contribution in [1.29, 1.82) is 0 Å². The summed E-state index contributed by atoms with van der Waals surface area (Å²) < 4.78 is 5.51. The molecule has 0 spiro atoms. The highest BCUT2D eigenvalue weighted by Gasteiger charge is 2.44. The van der Waals surface area contributed by atoms with Gasteiger partial charge in [0, 0.05) is 18.6 Å². The highest BCUT2D eigenvalue weighted by atomic mass is 16.6. The van der Waals surface area contributed by atoms with Crippen LogP contribution in [-0.2, 0) is 4.74 Å². The molecule has 0 aromatic carbocycles. The summed E-state index contributed by atoms with van der Waals surface area (Å²) in [7, 11) is 0. The van der Waals surface area contributed by atoms with Crippen LogP contribution in [0, 0.1) is 11.3 Å². The van der Waals surface area contributed by atoms with Gasteiger partial charge in [0.25, 0.3) is 0 Å². The number of carbonyl (C=O) groups excluding carboxylic acids is 1. The molecule has 0 aromatic rings. The lowest BCUT2D eigenvalue weighted by Crippen LogP contribution is -2.50. The number of ether oxygens (including phenoxy) is 1. The molecule has 0 saturated heterocycles. The number of carbonyl (C=O) groups is 1. The molecule has 1 N–H and O–H groups in total. The van der Waals surface area contributed by atoms with Crippen molar-refractivity contribution in [2.45, 2.75) is 73.0 Å². The first kappa shape index (κ1) is 18.3. The van der Waals surface area contributed by atoms with Crippen LogP contribution in [0.2, 0.25) is 0 Å². The van der Waals surface area contributed by atoms with Gasteiger partial charge in [0.2, 0.25) is 0 Å². The number of rotatable bonds is 5. The Balaban J connectivity index is 2.42. The predicted molar refractivity (Wildman–Crippen MR) is 87.5 cm³/mol. The van der Waals surface area contributed by atoms with Crippen LogP contribution in [0.15, 0.2) is 0 Å². The normalized spacial score (nSPS) is 21.0. The fraction of sp³-hybridized carbons (Fsp3) is 0.941. The minimum Gasteiger partial charge on any atom is -0.444 e. The minimum atomic E-state index is -0.452. The zero-order valence-electron chi connectivity index (χ0n) is 15.2. The van der Waals surface area contributed by atoms with Gasteiger partial charge in [0.05, 0.1) is 0 Å². The summed E-state index contributed by atoms with van der Waals surface area (Å²) in [5.41, 5.74) is -0.184. The Hall–Kier alpha value is -0.770. The number of amides is 1. The molecule has 1 fully saturated rings. The average Bonchev–Trinajstić information content (AvgIpc) is 2.81. The van der Waals surface area contributed by atoms with Crippen molar-refractivity contribution in [3.8, 4) is 0 Å². The lowest BCUT2D eigenvalue weighted by molar-refractivity contribution is 0.00663. The summed E-state index contributed by atoms with van der Waals surface area (Å²) in [6, 6.07) is 0. The first-order chi connectivity index (χ1) is 9.33. The van der Waals surface area contributed by atoms with Crippen molar-refractivity contribution in [1.82, 2.24) is 10.2 Å². The van der Waals surface area contributed by atoms with Crippen LogP contribution in [0.4, 0.5) is 4.79 Å². The van der Waals surface area contributed by atoms with Gasteiger partial charge in [-0.1, -0.05) is 13.8 Å². The van der Waals surface area contributed by atoms with E-state index in [4.69, 9.17) is 4.74 Å². The summed E-state index contributed by atoms with van der Waals surface area (Å²) in [5.74, 6) is 0.780. The molecule has 0 radical (unpaired) electrons. The third-order valence-electron chi connectivity index (χ3n) is 4.04. The zero-order chi connectivity index (χ0) is 16.5. The Morgan fingerprint density at radius 1 is 1.24 bits per heavy atom. The summed E-state index contributed by atoms with van der Waals surface area (Å²) in [6.45, 7) is 19.0. The molecule has 4 nitrogen and oxygen atoms in total. The largest absolute Gasteiger partial charge is 0.444 e. The predicted octanol–water partition coefficient (Wildman–Crippen LogP) is 3.66. The summed E-state index contributed by atoms with van der Waals surface area (Å²) in [6.07, 6.45) is 1.07. The third kappa shape index (κ3) is 6.25. The molecule has 4 heteroatoms. The van der Waals surface area contributed by atoms with E-state index in [0.29, 0.717) is 12.0 Å². The molecular formula is C17H34N2O2. The van der Waals surface area contributed by atoms with Crippen molar-refractivity contribution in [3.63, 3.8) is 0 Å². The first-order valence-electron chi connectivity index (χ1n) is 8.04. The molecular weight excluding hydrogens is 264 g/mol. The number of hydrogen-bond donors (Lipinski definition) is 1. The minimum absolute atomic E-state index is 0.233. The van der Waals surface area contributed by atoms with Gasteiger partial charge in [0.15, 0.2) is 0 Å². The summed E-state index contributed by atoms with van der Waals surface area (Å²) in [4.78, 5) is 14.1. The molecule has 1 unspecified atom stereocenters. The van der Waals surface area contributed by atoms with Gasteiger partial charge in [-0.3, -0.25) is 0 Å². The Bertz CT molecular complexity index is 364.